The SMILES string of the molecule is O=C(c1ccc(Cl)cc1)[C@@H]1[C@@H](Oc2ccccc2)C(=O)N1n1cc(-c2ccccc2)nn1. The molecule has 32 heavy (non-hydrogen) atoms. The molecule has 0 aliphatic carbocycles. The van der Waals surface area contributed by atoms with Crippen LogP contribution >= 0.6 is 11.6 Å². The van der Waals surface area contributed by atoms with E-state index in [1.54, 1.807) is 54.7 Å². The summed E-state index contributed by atoms with van der Waals surface area (Å²) in [4.78, 5) is 27.7. The third-order valence-electron chi connectivity index (χ3n) is 5.20. The van der Waals surface area contributed by atoms with Crippen LogP contribution in [0.2, 0.25) is 5.02 Å². The van der Waals surface area contributed by atoms with Crippen LogP contribution < -0.4 is 9.75 Å². The Morgan fingerprint density at radius 1 is 0.906 bits per heavy atom. The molecule has 5 rings (SSSR count). The number of hydrogen-bond donors (Lipinski definition) is 0. The topological polar surface area (TPSA) is 77.3 Å². The van der Waals surface area contributed by atoms with E-state index in [-0.39, 0.29) is 11.7 Å². The van der Waals surface area contributed by atoms with E-state index in [0.29, 0.717) is 22.0 Å². The Hall–Kier alpha value is -3.97. The van der Waals surface area contributed by atoms with Crippen LogP contribution in [0.3, 0.4) is 0 Å². The number of ether oxygens (including phenoxy) is 1. The van der Waals surface area contributed by atoms with Gasteiger partial charge in [0.1, 0.15) is 11.4 Å². The second kappa shape index (κ2) is 8.28. The quantitative estimate of drug-likeness (QED) is 0.334. The summed E-state index contributed by atoms with van der Waals surface area (Å²) in [7, 11) is 0. The number of aromatic nitrogens is 3. The number of ketones is 1. The zero-order valence-electron chi connectivity index (χ0n) is 16.7. The van der Waals surface area contributed by atoms with Crippen LogP contribution in [-0.4, -0.2) is 38.9 Å². The number of benzene rings is 3. The van der Waals surface area contributed by atoms with Crippen molar-refractivity contribution >= 4 is 23.3 Å². The molecule has 0 radical (unpaired) electrons. The van der Waals surface area contributed by atoms with Gasteiger partial charge in [0.2, 0.25) is 6.10 Å². The van der Waals surface area contributed by atoms with Crippen LogP contribution in [0.25, 0.3) is 11.3 Å². The number of Topliss-reactive ketones (excluding diaryl/α,β-unsaturated/α-hetero) is 1. The van der Waals surface area contributed by atoms with Crippen LogP contribution in [0.5, 0.6) is 5.75 Å². The number of carbonyl (C=O) groups excluding carboxylic acids is 2. The van der Waals surface area contributed by atoms with Gasteiger partial charge in [-0.05, 0) is 41.6 Å². The molecule has 1 fully saturated rings. The molecule has 4 aromatic rings. The zero-order valence-corrected chi connectivity index (χ0v) is 17.5. The lowest BCUT2D eigenvalue weighted by Gasteiger charge is -2.44. The van der Waals surface area contributed by atoms with Crippen molar-refractivity contribution in [3.8, 4) is 17.0 Å². The minimum atomic E-state index is -0.982. The number of nitrogens with zero attached hydrogens (tertiary/aromatic N) is 4. The van der Waals surface area contributed by atoms with Crippen molar-refractivity contribution in [3.63, 3.8) is 0 Å². The first-order valence-corrected chi connectivity index (χ1v) is 10.3. The number of amides is 1. The summed E-state index contributed by atoms with van der Waals surface area (Å²) in [6.07, 6.45) is 0.638. The van der Waals surface area contributed by atoms with E-state index in [4.69, 9.17) is 16.3 Å². The molecule has 0 unspecified atom stereocenters. The first-order chi connectivity index (χ1) is 15.6. The summed E-state index contributed by atoms with van der Waals surface area (Å²) >= 11 is 5.97. The van der Waals surface area contributed by atoms with Gasteiger partial charge in [-0.2, -0.15) is 4.79 Å². The van der Waals surface area contributed by atoms with Gasteiger partial charge in [0.25, 0.3) is 5.91 Å². The summed E-state index contributed by atoms with van der Waals surface area (Å²) in [5.74, 6) is -0.160. The molecule has 0 saturated carbocycles. The number of para-hydroxylation sites is 1. The molecule has 1 aromatic heterocycles. The van der Waals surface area contributed by atoms with Gasteiger partial charge in [0.15, 0.2) is 11.8 Å². The third kappa shape index (κ3) is 3.63. The van der Waals surface area contributed by atoms with Gasteiger partial charge in [0.05, 0.1) is 6.20 Å². The monoisotopic (exact) mass is 444 g/mol. The Morgan fingerprint density at radius 2 is 1.56 bits per heavy atom. The van der Waals surface area contributed by atoms with Gasteiger partial charge in [-0.15, -0.1) is 5.10 Å². The fourth-order valence-corrected chi connectivity index (χ4v) is 3.70. The minimum Gasteiger partial charge on any atom is -0.478 e. The van der Waals surface area contributed by atoms with Gasteiger partial charge in [-0.1, -0.05) is 60.1 Å². The molecule has 3 aromatic carbocycles. The molecule has 7 nitrogen and oxygen atoms in total. The first-order valence-electron chi connectivity index (χ1n) is 9.94. The number of hydrogen-bond acceptors (Lipinski definition) is 5. The van der Waals surface area contributed by atoms with E-state index < -0.39 is 12.1 Å². The van der Waals surface area contributed by atoms with Gasteiger partial charge in [-0.3, -0.25) is 9.59 Å². The van der Waals surface area contributed by atoms with Gasteiger partial charge in [0, 0.05) is 16.1 Å². The molecule has 1 aliphatic rings. The standard InChI is InChI=1S/C24H17ClN4O3/c25-18-13-11-17(12-14-18)22(30)21-23(32-19-9-5-2-6-10-19)24(31)29(21)28-15-20(26-27-28)16-7-3-1-4-8-16/h1-15,21,23H/t21-,23-/m1/s1. The van der Waals surface area contributed by atoms with E-state index in [2.05, 4.69) is 10.3 Å². The lowest BCUT2D eigenvalue weighted by Crippen LogP contribution is -2.74. The second-order valence-corrected chi connectivity index (χ2v) is 7.68. The highest BCUT2D eigenvalue weighted by atomic mass is 35.5. The van der Waals surface area contributed by atoms with Crippen LogP contribution in [0.4, 0.5) is 0 Å². The summed E-state index contributed by atoms with van der Waals surface area (Å²) in [6, 6.07) is 24.0. The lowest BCUT2D eigenvalue weighted by molar-refractivity contribution is -0.136. The molecule has 1 saturated heterocycles. The van der Waals surface area contributed by atoms with Crippen molar-refractivity contribution in [2.24, 2.45) is 0 Å². The molecule has 0 N–H and O–H groups in total. The molecule has 1 aliphatic heterocycles. The number of β-lactam (4-membered cyclic amide) rings is 1. The van der Waals surface area contributed by atoms with Crippen LogP contribution in [-0.2, 0) is 4.79 Å². The Labute approximate surface area is 188 Å². The van der Waals surface area contributed by atoms with Crippen molar-refractivity contribution < 1.29 is 14.3 Å². The largest absolute Gasteiger partial charge is 0.478 e. The number of rotatable bonds is 6. The van der Waals surface area contributed by atoms with Gasteiger partial charge < -0.3 is 4.74 Å². The maximum Gasteiger partial charge on any atom is 0.287 e. The minimum absolute atomic E-state index is 0.279. The third-order valence-corrected chi connectivity index (χ3v) is 5.45. The average molecular weight is 445 g/mol. The molecule has 8 heteroatoms. The average Bonchev–Trinajstić information content (AvgIpc) is 3.31. The normalized spacial score (nSPS) is 17.7. The van der Waals surface area contributed by atoms with E-state index in [1.807, 2.05) is 36.4 Å². The zero-order chi connectivity index (χ0) is 22.1. The molecular weight excluding hydrogens is 428 g/mol. The number of halogens is 1. The van der Waals surface area contributed by atoms with E-state index >= 15 is 0 Å². The highest BCUT2D eigenvalue weighted by molar-refractivity contribution is 6.30. The van der Waals surface area contributed by atoms with Gasteiger partial charge in [-0.25, -0.2) is 5.01 Å². The van der Waals surface area contributed by atoms with Crippen molar-refractivity contribution in [2.75, 3.05) is 5.01 Å². The van der Waals surface area contributed by atoms with Crippen LogP contribution in [0.15, 0.2) is 91.1 Å². The molecular formula is C24H17ClN4O3. The summed E-state index contributed by atoms with van der Waals surface area (Å²) < 4.78 is 5.89. The van der Waals surface area contributed by atoms with E-state index in [0.717, 1.165) is 5.56 Å². The Morgan fingerprint density at radius 3 is 2.25 bits per heavy atom. The predicted octanol–water partition coefficient (Wildman–Crippen LogP) is 3.78. The van der Waals surface area contributed by atoms with Gasteiger partial charge >= 0.3 is 0 Å². The fourth-order valence-electron chi connectivity index (χ4n) is 3.57. The molecule has 158 valence electrons. The Balaban J connectivity index is 1.48. The maximum absolute atomic E-state index is 13.4. The second-order valence-electron chi connectivity index (χ2n) is 7.24. The van der Waals surface area contributed by atoms with Crippen molar-refractivity contribution in [1.82, 2.24) is 15.1 Å². The summed E-state index contributed by atoms with van der Waals surface area (Å²) in [5, 5.41) is 10.0. The van der Waals surface area contributed by atoms with Crippen molar-refractivity contribution in [3.05, 3.63) is 102 Å². The Kier molecular flexibility index (Phi) is 5.17. The molecule has 1 amide bonds. The van der Waals surface area contributed by atoms with Crippen molar-refractivity contribution in [2.45, 2.75) is 12.1 Å². The van der Waals surface area contributed by atoms with Crippen LogP contribution in [0, 0.1) is 0 Å². The van der Waals surface area contributed by atoms with Crippen molar-refractivity contribution in [1.29, 1.82) is 0 Å². The number of carbonyl (C=O) groups is 2. The maximum atomic E-state index is 13.4. The highest BCUT2D eigenvalue weighted by Crippen LogP contribution is 2.28. The Bertz CT molecular complexity index is 1260. The predicted molar refractivity (Wildman–Crippen MR) is 119 cm³/mol. The molecule has 2 heterocycles. The van der Waals surface area contributed by atoms with E-state index in [1.165, 1.54) is 9.80 Å². The van der Waals surface area contributed by atoms with Crippen LogP contribution in [0.1, 0.15) is 10.4 Å². The first kappa shape index (κ1) is 20.0. The van der Waals surface area contributed by atoms with E-state index in [9.17, 15) is 9.59 Å². The molecule has 0 spiro atoms. The molecule has 2 atom stereocenters. The fraction of sp³-hybridized carbons (Fsp3) is 0.0833. The molecule has 0 bridgehead atoms. The summed E-state index contributed by atoms with van der Waals surface area (Å²) in [6.45, 7) is 0. The smallest absolute Gasteiger partial charge is 0.287 e. The highest BCUT2D eigenvalue weighted by Gasteiger charge is 2.55. The lowest BCUT2D eigenvalue weighted by atomic mass is 9.91. The summed E-state index contributed by atoms with van der Waals surface area (Å²) in [5.41, 5.74) is 1.86.